The van der Waals surface area contributed by atoms with Crippen molar-refractivity contribution in [2.24, 2.45) is 0 Å². The van der Waals surface area contributed by atoms with Crippen molar-refractivity contribution in [2.75, 3.05) is 0 Å². The summed E-state index contributed by atoms with van der Waals surface area (Å²) in [5.74, 6) is 0.984. The van der Waals surface area contributed by atoms with Gasteiger partial charge in [0.1, 0.15) is 5.82 Å². The van der Waals surface area contributed by atoms with E-state index in [2.05, 4.69) is 30.7 Å². The Labute approximate surface area is 93.2 Å². The Kier molecular flexibility index (Phi) is 3.48. The van der Waals surface area contributed by atoms with Gasteiger partial charge in [0.05, 0.1) is 0 Å². The van der Waals surface area contributed by atoms with Gasteiger partial charge in [-0.1, -0.05) is 28.2 Å². The third-order valence-corrected chi connectivity index (χ3v) is 2.73. The summed E-state index contributed by atoms with van der Waals surface area (Å²) in [6.45, 7) is 6.49. The van der Waals surface area contributed by atoms with Gasteiger partial charge >= 0.3 is 0 Å². The molecule has 1 heterocycles. The third kappa shape index (κ3) is 2.55. The van der Waals surface area contributed by atoms with Crippen LogP contribution in [0.2, 0.25) is 0 Å². The zero-order chi connectivity index (χ0) is 10.2. The molecule has 1 aliphatic rings. The molecule has 1 aliphatic carbocycles. The van der Waals surface area contributed by atoms with E-state index >= 15 is 0 Å². The second kappa shape index (κ2) is 4.30. The Morgan fingerprint density at radius 1 is 1.13 bits per heavy atom. The van der Waals surface area contributed by atoms with Gasteiger partial charge in [-0.05, 0) is 31.2 Å². The molecule has 0 bridgehead atoms. The van der Waals surface area contributed by atoms with E-state index in [1.54, 1.807) is 0 Å². The molecule has 0 saturated carbocycles. The van der Waals surface area contributed by atoms with Crippen LogP contribution in [0.15, 0.2) is 6.20 Å². The van der Waals surface area contributed by atoms with Gasteiger partial charge in [-0.2, -0.15) is 0 Å². The lowest BCUT2D eigenvalue weighted by atomic mass is 9.93. The minimum atomic E-state index is 0. The van der Waals surface area contributed by atoms with Crippen molar-refractivity contribution in [3.63, 3.8) is 0 Å². The Morgan fingerprint density at radius 3 is 2.47 bits per heavy atom. The zero-order valence-corrected chi connectivity index (χ0v) is 9.30. The summed E-state index contributed by atoms with van der Waals surface area (Å²) in [6.07, 6.45) is 6.92. The van der Waals surface area contributed by atoms with Gasteiger partial charge in [-0.3, -0.25) is 0 Å². The normalized spacial score (nSPS) is 15.4. The van der Waals surface area contributed by atoms with Crippen molar-refractivity contribution >= 4 is 0 Å². The number of hydrogen-bond donors (Lipinski definition) is 0. The molecule has 0 aromatic carbocycles. The van der Waals surface area contributed by atoms with E-state index in [9.17, 15) is 0 Å². The van der Waals surface area contributed by atoms with Crippen LogP contribution in [0, 0.1) is 0 Å². The average Bonchev–Trinajstić information content (AvgIpc) is 2.16. The van der Waals surface area contributed by atoms with Crippen molar-refractivity contribution in [3.05, 3.63) is 23.3 Å². The third-order valence-electron chi connectivity index (χ3n) is 2.73. The molecule has 0 amide bonds. The van der Waals surface area contributed by atoms with Crippen molar-refractivity contribution in [3.8, 4) is 0 Å². The van der Waals surface area contributed by atoms with Gasteiger partial charge in [-0.25, -0.2) is 9.97 Å². The van der Waals surface area contributed by atoms with Gasteiger partial charge in [0.15, 0.2) is 0 Å². The second-order valence-electron chi connectivity index (χ2n) is 5.12. The molecule has 0 aliphatic heterocycles. The van der Waals surface area contributed by atoms with Crippen molar-refractivity contribution in [1.29, 1.82) is 0 Å². The average molecular weight is 206 g/mol. The fraction of sp³-hybridized carbons (Fsp3) is 0.692. The Hall–Kier alpha value is -0.920. The Bertz CT molecular complexity index is 337. The predicted octanol–water partition coefficient (Wildman–Crippen LogP) is 3.29. The molecule has 0 atom stereocenters. The molecule has 2 heteroatoms. The Morgan fingerprint density at radius 2 is 1.80 bits per heavy atom. The zero-order valence-electron chi connectivity index (χ0n) is 9.30. The minimum Gasteiger partial charge on any atom is -0.241 e. The molecular formula is C13H22N2. The molecule has 0 N–H and O–H groups in total. The fourth-order valence-corrected chi connectivity index (χ4v) is 1.84. The first-order valence-electron chi connectivity index (χ1n) is 5.42. The molecule has 0 radical (unpaired) electrons. The molecule has 1 aromatic heterocycles. The number of aryl methyl sites for hydroxylation is 2. The van der Waals surface area contributed by atoms with Crippen LogP contribution in [0.3, 0.4) is 0 Å². The summed E-state index contributed by atoms with van der Waals surface area (Å²) in [5.41, 5.74) is 2.73. The number of rotatable bonds is 0. The van der Waals surface area contributed by atoms with E-state index < -0.39 is 0 Å². The SMILES string of the molecule is C.CC(C)(C)c1ncc2c(n1)CCCC2. The van der Waals surface area contributed by atoms with E-state index in [0.717, 1.165) is 12.2 Å². The lowest BCUT2D eigenvalue weighted by Gasteiger charge is -2.20. The molecule has 0 spiro atoms. The van der Waals surface area contributed by atoms with Gasteiger partial charge in [-0.15, -0.1) is 0 Å². The topological polar surface area (TPSA) is 25.8 Å². The smallest absolute Gasteiger partial charge is 0.133 e. The van der Waals surface area contributed by atoms with Crippen LogP contribution in [-0.4, -0.2) is 9.97 Å². The summed E-state index contributed by atoms with van der Waals surface area (Å²) in [6, 6.07) is 0. The lowest BCUT2D eigenvalue weighted by molar-refractivity contribution is 0.532. The maximum atomic E-state index is 4.67. The summed E-state index contributed by atoms with van der Waals surface area (Å²) in [5, 5.41) is 0. The molecule has 0 saturated heterocycles. The number of aromatic nitrogens is 2. The molecule has 2 nitrogen and oxygen atoms in total. The lowest BCUT2D eigenvalue weighted by Crippen LogP contribution is -2.19. The van der Waals surface area contributed by atoms with Gasteiger partial charge in [0.25, 0.3) is 0 Å². The van der Waals surface area contributed by atoms with Crippen molar-refractivity contribution in [1.82, 2.24) is 9.97 Å². The number of fused-ring (bicyclic) bond motifs is 1. The molecular weight excluding hydrogens is 184 g/mol. The first-order chi connectivity index (χ1) is 6.57. The van der Waals surface area contributed by atoms with Gasteiger partial charge in [0.2, 0.25) is 0 Å². The van der Waals surface area contributed by atoms with E-state index in [0.29, 0.717) is 0 Å². The number of hydrogen-bond acceptors (Lipinski definition) is 2. The molecule has 15 heavy (non-hydrogen) atoms. The highest BCUT2D eigenvalue weighted by atomic mass is 14.9. The maximum Gasteiger partial charge on any atom is 0.133 e. The van der Waals surface area contributed by atoms with Crippen LogP contribution < -0.4 is 0 Å². The van der Waals surface area contributed by atoms with Crippen LogP contribution in [0.25, 0.3) is 0 Å². The van der Waals surface area contributed by atoms with Crippen LogP contribution >= 0.6 is 0 Å². The van der Waals surface area contributed by atoms with Crippen LogP contribution in [0.5, 0.6) is 0 Å². The number of nitrogens with zero attached hydrogens (tertiary/aromatic N) is 2. The summed E-state index contributed by atoms with van der Waals surface area (Å²) in [4.78, 5) is 9.13. The summed E-state index contributed by atoms with van der Waals surface area (Å²) >= 11 is 0. The summed E-state index contributed by atoms with van der Waals surface area (Å²) in [7, 11) is 0. The van der Waals surface area contributed by atoms with Crippen LogP contribution in [0.4, 0.5) is 0 Å². The van der Waals surface area contributed by atoms with Crippen molar-refractivity contribution < 1.29 is 0 Å². The van der Waals surface area contributed by atoms with Gasteiger partial charge < -0.3 is 0 Å². The van der Waals surface area contributed by atoms with E-state index in [4.69, 9.17) is 0 Å². The standard InChI is InChI=1S/C12H18N2.CH4/c1-12(2,3)11-13-8-9-6-4-5-7-10(9)14-11;/h8H,4-7H2,1-3H3;1H4. The van der Waals surface area contributed by atoms with Crippen molar-refractivity contribution in [2.45, 2.75) is 59.3 Å². The molecule has 84 valence electrons. The minimum absolute atomic E-state index is 0. The molecule has 0 unspecified atom stereocenters. The highest BCUT2D eigenvalue weighted by Crippen LogP contribution is 2.23. The Balaban J connectivity index is 0.00000112. The second-order valence-corrected chi connectivity index (χ2v) is 5.12. The van der Waals surface area contributed by atoms with Crippen LogP contribution in [0.1, 0.15) is 58.1 Å². The van der Waals surface area contributed by atoms with E-state index in [1.807, 2.05) is 6.20 Å². The predicted molar refractivity (Wildman–Crippen MR) is 64.1 cm³/mol. The highest BCUT2D eigenvalue weighted by molar-refractivity contribution is 5.21. The summed E-state index contributed by atoms with van der Waals surface area (Å²) < 4.78 is 0. The first kappa shape index (κ1) is 12.2. The molecule has 0 fully saturated rings. The highest BCUT2D eigenvalue weighted by Gasteiger charge is 2.20. The maximum absolute atomic E-state index is 4.67. The van der Waals surface area contributed by atoms with E-state index in [-0.39, 0.29) is 12.8 Å². The van der Waals surface area contributed by atoms with Gasteiger partial charge in [0, 0.05) is 17.3 Å². The quantitative estimate of drug-likeness (QED) is 0.651. The first-order valence-corrected chi connectivity index (χ1v) is 5.42. The fourth-order valence-electron chi connectivity index (χ4n) is 1.84. The molecule has 1 aromatic rings. The van der Waals surface area contributed by atoms with Crippen LogP contribution in [-0.2, 0) is 18.3 Å². The molecule has 2 rings (SSSR count). The monoisotopic (exact) mass is 206 g/mol. The largest absolute Gasteiger partial charge is 0.241 e. The van der Waals surface area contributed by atoms with E-state index in [1.165, 1.54) is 30.5 Å².